The highest BCUT2D eigenvalue weighted by atomic mass is 32.2. The van der Waals surface area contributed by atoms with Gasteiger partial charge in [0.2, 0.25) is 15.9 Å². The molecule has 8 nitrogen and oxygen atoms in total. The number of carboxylic acid groups (broad SMARTS) is 1. The van der Waals surface area contributed by atoms with Crippen LogP contribution < -0.4 is 10.2 Å². The first-order valence-corrected chi connectivity index (χ1v) is 6.61. The zero-order chi connectivity index (χ0) is 14.5. The molecule has 1 rings (SSSR count). The number of aromatic carboxylic acids is 1. The number of rotatable bonds is 6. The highest BCUT2D eigenvalue weighted by Crippen LogP contribution is 2.11. The van der Waals surface area contributed by atoms with Crippen molar-refractivity contribution in [1.29, 1.82) is 0 Å². The van der Waals surface area contributed by atoms with Crippen molar-refractivity contribution < 1.29 is 28.3 Å². The lowest BCUT2D eigenvalue weighted by Crippen LogP contribution is -2.29. The lowest BCUT2D eigenvalue weighted by Gasteiger charge is -2.06. The number of amides is 1. The molecule has 0 aliphatic heterocycles. The quantitative estimate of drug-likeness (QED) is 0.414. The minimum Gasteiger partial charge on any atom is -0.478 e. The topological polar surface area (TPSA) is 133 Å². The van der Waals surface area contributed by atoms with E-state index < -0.39 is 21.9 Å². The maximum absolute atomic E-state index is 11.8. The van der Waals surface area contributed by atoms with Gasteiger partial charge in [-0.2, -0.15) is 0 Å². The summed E-state index contributed by atoms with van der Waals surface area (Å²) in [6.45, 7) is -0.216. The number of nitrogens with one attached hydrogen (secondary N) is 2. The number of carboxylic acids is 1. The van der Waals surface area contributed by atoms with Gasteiger partial charge in [-0.25, -0.2) is 23.4 Å². The first kappa shape index (κ1) is 15.1. The van der Waals surface area contributed by atoms with Crippen molar-refractivity contribution >= 4 is 21.9 Å². The Morgan fingerprint density at radius 2 is 1.95 bits per heavy atom. The number of hydroxylamine groups is 1. The van der Waals surface area contributed by atoms with Gasteiger partial charge in [-0.3, -0.25) is 10.0 Å². The third kappa shape index (κ3) is 4.32. The van der Waals surface area contributed by atoms with Crippen LogP contribution >= 0.6 is 0 Å². The normalized spacial score (nSPS) is 11.0. The molecule has 0 aromatic heterocycles. The van der Waals surface area contributed by atoms with E-state index in [1.807, 2.05) is 0 Å². The summed E-state index contributed by atoms with van der Waals surface area (Å²) in [6.07, 6.45) is -0.242. The highest BCUT2D eigenvalue weighted by Gasteiger charge is 2.16. The fourth-order valence-electron chi connectivity index (χ4n) is 1.23. The summed E-state index contributed by atoms with van der Waals surface area (Å²) < 4.78 is 25.7. The summed E-state index contributed by atoms with van der Waals surface area (Å²) in [5.74, 6) is -1.97. The Labute approximate surface area is 109 Å². The molecule has 0 aliphatic rings. The van der Waals surface area contributed by atoms with Crippen molar-refractivity contribution in [3.05, 3.63) is 29.8 Å². The molecule has 0 aliphatic carbocycles. The van der Waals surface area contributed by atoms with Crippen LogP contribution in [0.3, 0.4) is 0 Å². The standard InChI is InChI=1S/C10H12N2O6S/c13-9(12-16)4-5-11-19(17,18)8-3-1-2-7(6-8)10(14)15/h1-3,6,11,16H,4-5H2,(H,12,13)(H,14,15). The van der Waals surface area contributed by atoms with E-state index in [0.717, 1.165) is 6.07 Å². The zero-order valence-electron chi connectivity index (χ0n) is 9.66. The SMILES string of the molecule is O=C(CCNS(=O)(=O)c1cccc(C(=O)O)c1)NO. The number of sulfonamides is 1. The smallest absolute Gasteiger partial charge is 0.335 e. The van der Waals surface area contributed by atoms with Gasteiger partial charge >= 0.3 is 5.97 Å². The summed E-state index contributed by atoms with van der Waals surface area (Å²) in [5.41, 5.74) is 1.21. The van der Waals surface area contributed by atoms with Gasteiger partial charge in [0.25, 0.3) is 0 Å². The zero-order valence-corrected chi connectivity index (χ0v) is 10.5. The summed E-state index contributed by atoms with van der Waals surface area (Å²) in [5, 5.41) is 17.0. The molecule has 0 bridgehead atoms. The van der Waals surface area contributed by atoms with Crippen LogP contribution in [0.5, 0.6) is 0 Å². The molecule has 0 spiro atoms. The number of carbonyl (C=O) groups excluding carboxylic acids is 1. The second-order valence-corrected chi connectivity index (χ2v) is 5.28. The van der Waals surface area contributed by atoms with E-state index in [4.69, 9.17) is 10.3 Å². The van der Waals surface area contributed by atoms with Crippen molar-refractivity contribution in [2.24, 2.45) is 0 Å². The van der Waals surface area contributed by atoms with Gasteiger partial charge < -0.3 is 5.11 Å². The Bertz CT molecular complexity index is 583. The van der Waals surface area contributed by atoms with Crippen molar-refractivity contribution in [2.75, 3.05) is 6.54 Å². The molecule has 0 unspecified atom stereocenters. The monoisotopic (exact) mass is 288 g/mol. The molecule has 1 aromatic carbocycles. The predicted octanol–water partition coefficient (Wildman–Crippen LogP) is -0.441. The lowest BCUT2D eigenvalue weighted by molar-refractivity contribution is -0.129. The van der Waals surface area contributed by atoms with Crippen LogP contribution in [0.2, 0.25) is 0 Å². The minimum absolute atomic E-state index is 0.157. The van der Waals surface area contributed by atoms with E-state index in [1.165, 1.54) is 23.7 Å². The maximum Gasteiger partial charge on any atom is 0.335 e. The second-order valence-electron chi connectivity index (χ2n) is 3.52. The molecule has 0 heterocycles. The number of benzene rings is 1. The average molecular weight is 288 g/mol. The molecule has 19 heavy (non-hydrogen) atoms. The summed E-state index contributed by atoms with van der Waals surface area (Å²) in [4.78, 5) is 21.2. The molecule has 0 radical (unpaired) electrons. The molecule has 0 atom stereocenters. The third-order valence-corrected chi connectivity index (χ3v) is 3.62. The summed E-state index contributed by atoms with van der Waals surface area (Å²) in [6, 6.07) is 4.82. The van der Waals surface area contributed by atoms with E-state index >= 15 is 0 Å². The average Bonchev–Trinajstić information content (AvgIpc) is 2.38. The molecule has 1 amide bonds. The summed E-state index contributed by atoms with van der Waals surface area (Å²) >= 11 is 0. The Morgan fingerprint density at radius 1 is 1.26 bits per heavy atom. The number of carbonyl (C=O) groups is 2. The van der Waals surface area contributed by atoms with Crippen molar-refractivity contribution in [2.45, 2.75) is 11.3 Å². The van der Waals surface area contributed by atoms with Gasteiger partial charge in [-0.05, 0) is 18.2 Å². The van der Waals surface area contributed by atoms with Crippen LogP contribution in [0, 0.1) is 0 Å². The molecule has 4 N–H and O–H groups in total. The fraction of sp³-hybridized carbons (Fsp3) is 0.200. The van der Waals surface area contributed by atoms with Gasteiger partial charge in [0.15, 0.2) is 0 Å². The van der Waals surface area contributed by atoms with Gasteiger partial charge in [-0.1, -0.05) is 6.07 Å². The first-order valence-electron chi connectivity index (χ1n) is 5.13. The number of hydrogen-bond donors (Lipinski definition) is 4. The van der Waals surface area contributed by atoms with Crippen molar-refractivity contribution in [3.8, 4) is 0 Å². The van der Waals surface area contributed by atoms with Gasteiger partial charge in [-0.15, -0.1) is 0 Å². The molecule has 0 fully saturated rings. The molecular weight excluding hydrogens is 276 g/mol. The minimum atomic E-state index is -3.90. The van der Waals surface area contributed by atoms with Crippen molar-refractivity contribution in [3.63, 3.8) is 0 Å². The van der Waals surface area contributed by atoms with Crippen LogP contribution in [0.25, 0.3) is 0 Å². The lowest BCUT2D eigenvalue weighted by atomic mass is 10.2. The predicted molar refractivity (Wildman–Crippen MR) is 63.1 cm³/mol. The van der Waals surface area contributed by atoms with Crippen LogP contribution in [-0.2, 0) is 14.8 Å². The van der Waals surface area contributed by atoms with E-state index in [2.05, 4.69) is 4.72 Å². The van der Waals surface area contributed by atoms with E-state index in [1.54, 1.807) is 0 Å². The van der Waals surface area contributed by atoms with Gasteiger partial charge in [0, 0.05) is 13.0 Å². The van der Waals surface area contributed by atoms with E-state index in [0.29, 0.717) is 0 Å². The molecule has 0 saturated carbocycles. The largest absolute Gasteiger partial charge is 0.478 e. The van der Waals surface area contributed by atoms with Crippen LogP contribution in [-0.4, -0.2) is 37.2 Å². The van der Waals surface area contributed by atoms with E-state index in [-0.39, 0.29) is 23.4 Å². The fourth-order valence-corrected chi connectivity index (χ4v) is 2.31. The highest BCUT2D eigenvalue weighted by molar-refractivity contribution is 7.89. The Kier molecular flexibility index (Phi) is 4.98. The number of hydrogen-bond acceptors (Lipinski definition) is 5. The maximum atomic E-state index is 11.8. The van der Waals surface area contributed by atoms with Crippen LogP contribution in [0.1, 0.15) is 16.8 Å². The molecule has 0 saturated heterocycles. The molecular formula is C10H12N2O6S. The third-order valence-electron chi connectivity index (χ3n) is 2.16. The van der Waals surface area contributed by atoms with E-state index in [9.17, 15) is 18.0 Å². The Balaban J connectivity index is 2.80. The molecule has 9 heteroatoms. The van der Waals surface area contributed by atoms with Gasteiger partial charge in [0.05, 0.1) is 10.5 Å². The van der Waals surface area contributed by atoms with Crippen LogP contribution in [0.4, 0.5) is 0 Å². The summed E-state index contributed by atoms with van der Waals surface area (Å²) in [7, 11) is -3.90. The van der Waals surface area contributed by atoms with Gasteiger partial charge in [0.1, 0.15) is 0 Å². The first-order chi connectivity index (χ1) is 8.86. The van der Waals surface area contributed by atoms with Crippen LogP contribution in [0.15, 0.2) is 29.2 Å². The molecule has 104 valence electrons. The second kappa shape index (κ2) is 6.27. The van der Waals surface area contributed by atoms with Crippen molar-refractivity contribution in [1.82, 2.24) is 10.2 Å². The Morgan fingerprint density at radius 3 is 2.53 bits per heavy atom. The molecule has 1 aromatic rings. The Hall–Kier alpha value is -1.97.